The van der Waals surface area contributed by atoms with E-state index in [0.717, 1.165) is 56.3 Å². The molecular weight excluding hydrogens is 449 g/mol. The summed E-state index contributed by atoms with van der Waals surface area (Å²) in [4.78, 5) is 10.8. The highest BCUT2D eigenvalue weighted by Gasteiger charge is 2.32. The molecule has 176 valence electrons. The molecule has 0 fully saturated rings. The van der Waals surface area contributed by atoms with Gasteiger partial charge in [0.2, 0.25) is 0 Å². The molecule has 1 unspecified atom stereocenters. The Balaban J connectivity index is 1.56. The van der Waals surface area contributed by atoms with Crippen LogP contribution in [0.15, 0.2) is 84.9 Å². The van der Waals surface area contributed by atoms with Gasteiger partial charge in [-0.1, -0.05) is 72.8 Å². The predicted octanol–water partition coefficient (Wildman–Crippen LogP) is 7.95. The van der Waals surface area contributed by atoms with Gasteiger partial charge in [-0.2, -0.15) is 13.2 Å². The topological polar surface area (TPSA) is 37.3 Å². The Bertz CT molecular complexity index is 1420. The van der Waals surface area contributed by atoms with Crippen LogP contribution in [0.5, 0.6) is 0 Å². The van der Waals surface area contributed by atoms with Crippen molar-refractivity contribution in [3.8, 4) is 0 Å². The van der Waals surface area contributed by atoms with Gasteiger partial charge >= 0.3 is 12.1 Å². The van der Waals surface area contributed by atoms with E-state index in [9.17, 15) is 18.0 Å². The molecule has 4 aromatic rings. The summed E-state index contributed by atoms with van der Waals surface area (Å²) in [5, 5.41) is 11.1. The van der Waals surface area contributed by atoms with Crippen LogP contribution < -0.4 is 0 Å². The van der Waals surface area contributed by atoms with Crippen molar-refractivity contribution < 1.29 is 23.1 Å². The number of carboxylic acid groups (broad SMARTS) is 1. The Morgan fingerprint density at radius 1 is 0.857 bits per heavy atom. The third-order valence-electron chi connectivity index (χ3n) is 6.64. The van der Waals surface area contributed by atoms with Crippen LogP contribution >= 0.6 is 0 Å². The molecule has 0 aromatic heterocycles. The van der Waals surface area contributed by atoms with Crippen molar-refractivity contribution in [2.24, 2.45) is 0 Å². The maximum atomic E-state index is 13.2. The monoisotopic (exact) mass is 472 g/mol. The molecule has 1 atom stereocenters. The van der Waals surface area contributed by atoms with Crippen molar-refractivity contribution in [2.75, 3.05) is 0 Å². The second kappa shape index (κ2) is 9.06. The number of hydrogen-bond acceptors (Lipinski definition) is 1. The molecular formula is C30H23F3O2. The zero-order valence-electron chi connectivity index (χ0n) is 18.8. The number of rotatable bonds is 6. The zero-order chi connectivity index (χ0) is 24.6. The summed E-state index contributed by atoms with van der Waals surface area (Å²) in [5.74, 6) is -0.915. The zero-order valence-corrected chi connectivity index (χ0v) is 18.8. The fourth-order valence-electron chi connectivity index (χ4n) is 4.91. The number of carboxylic acids is 1. The maximum Gasteiger partial charge on any atom is 0.416 e. The first-order valence-corrected chi connectivity index (χ1v) is 11.5. The maximum absolute atomic E-state index is 13.2. The summed E-state index contributed by atoms with van der Waals surface area (Å²) >= 11 is 0. The van der Waals surface area contributed by atoms with Gasteiger partial charge in [-0.3, -0.25) is 4.79 Å². The molecule has 0 saturated heterocycles. The van der Waals surface area contributed by atoms with Crippen molar-refractivity contribution in [1.29, 1.82) is 0 Å². The summed E-state index contributed by atoms with van der Waals surface area (Å²) in [5.41, 5.74) is 5.38. The first-order chi connectivity index (χ1) is 16.8. The fraction of sp³-hybridized carbons (Fsp3) is 0.167. The van der Waals surface area contributed by atoms with E-state index in [4.69, 9.17) is 5.11 Å². The normalized spacial score (nSPS) is 15.2. The van der Waals surface area contributed by atoms with E-state index in [1.165, 1.54) is 0 Å². The molecule has 1 N–H and O–H groups in total. The van der Waals surface area contributed by atoms with Crippen molar-refractivity contribution in [1.82, 2.24) is 0 Å². The summed E-state index contributed by atoms with van der Waals surface area (Å²) in [7, 11) is 0. The van der Waals surface area contributed by atoms with E-state index >= 15 is 0 Å². The highest BCUT2D eigenvalue weighted by molar-refractivity contribution is 6.03. The lowest BCUT2D eigenvalue weighted by molar-refractivity contribution is -0.138. The van der Waals surface area contributed by atoms with E-state index in [2.05, 4.69) is 30.3 Å². The van der Waals surface area contributed by atoms with Crippen LogP contribution in [0, 0.1) is 0 Å². The van der Waals surface area contributed by atoms with Gasteiger partial charge in [0.05, 0.1) is 5.56 Å². The van der Waals surface area contributed by atoms with Crippen LogP contribution in [-0.2, 0) is 17.4 Å². The number of aliphatic carboxylic acids is 1. The number of aryl methyl sites for hydroxylation is 1. The molecule has 5 heteroatoms. The lowest BCUT2D eigenvalue weighted by Gasteiger charge is -2.19. The molecule has 0 bridgehead atoms. The van der Waals surface area contributed by atoms with Gasteiger partial charge in [-0.15, -0.1) is 0 Å². The van der Waals surface area contributed by atoms with Crippen LogP contribution in [0.1, 0.15) is 52.1 Å². The van der Waals surface area contributed by atoms with E-state index in [1.807, 2.05) is 36.4 Å². The summed E-state index contributed by atoms with van der Waals surface area (Å²) in [6.07, 6.45) is -0.890. The molecule has 35 heavy (non-hydrogen) atoms. The summed E-state index contributed by atoms with van der Waals surface area (Å²) < 4.78 is 39.5. The molecule has 2 nitrogen and oxygen atoms in total. The van der Waals surface area contributed by atoms with E-state index in [0.29, 0.717) is 12.8 Å². The molecule has 0 saturated carbocycles. The average Bonchev–Trinajstić information content (AvgIpc) is 3.24. The first kappa shape index (κ1) is 22.9. The average molecular weight is 473 g/mol. The van der Waals surface area contributed by atoms with E-state index < -0.39 is 17.7 Å². The molecule has 1 aliphatic carbocycles. The Morgan fingerprint density at radius 2 is 1.57 bits per heavy atom. The minimum atomic E-state index is -4.38. The van der Waals surface area contributed by atoms with Gasteiger partial charge < -0.3 is 5.11 Å². The number of alkyl halides is 3. The number of fused-ring (bicyclic) bond motifs is 3. The van der Waals surface area contributed by atoms with E-state index in [-0.39, 0.29) is 12.3 Å². The van der Waals surface area contributed by atoms with Crippen molar-refractivity contribution >= 4 is 28.4 Å². The Kier molecular flexibility index (Phi) is 5.93. The van der Waals surface area contributed by atoms with Crippen molar-refractivity contribution in [3.63, 3.8) is 0 Å². The second-order valence-electron chi connectivity index (χ2n) is 8.89. The lowest BCUT2D eigenvalue weighted by Crippen LogP contribution is -2.05. The smallest absolute Gasteiger partial charge is 0.416 e. The number of allylic oxidation sites excluding steroid dienone is 1. The Morgan fingerprint density at radius 3 is 2.26 bits per heavy atom. The summed E-state index contributed by atoms with van der Waals surface area (Å²) in [6.45, 7) is 0. The quantitative estimate of drug-likeness (QED) is 0.309. The van der Waals surface area contributed by atoms with E-state index in [1.54, 1.807) is 12.1 Å². The molecule has 1 aliphatic rings. The largest absolute Gasteiger partial charge is 0.481 e. The number of hydrogen-bond donors (Lipinski definition) is 1. The molecule has 5 rings (SSSR count). The van der Waals surface area contributed by atoms with Gasteiger partial charge in [0.25, 0.3) is 0 Å². The SMILES string of the molecule is O=C(O)CCCc1ccc(C2C(c3ccc(C(F)(F)F)cc3)=Cc3c2ccc2ccccc32)cc1. The third kappa shape index (κ3) is 4.59. The van der Waals surface area contributed by atoms with Crippen LogP contribution in [0.3, 0.4) is 0 Å². The highest BCUT2D eigenvalue weighted by atomic mass is 19.4. The molecule has 4 aromatic carbocycles. The Labute approximate surface area is 201 Å². The minimum absolute atomic E-state index is 0.112. The highest BCUT2D eigenvalue weighted by Crippen LogP contribution is 2.48. The lowest BCUT2D eigenvalue weighted by atomic mass is 9.84. The molecule has 0 amide bonds. The van der Waals surface area contributed by atoms with Crippen LogP contribution in [0.2, 0.25) is 0 Å². The van der Waals surface area contributed by atoms with Crippen LogP contribution in [0.25, 0.3) is 22.4 Å². The first-order valence-electron chi connectivity index (χ1n) is 11.5. The predicted molar refractivity (Wildman–Crippen MR) is 132 cm³/mol. The number of carbonyl (C=O) groups is 1. The van der Waals surface area contributed by atoms with Crippen molar-refractivity contribution in [3.05, 3.63) is 118 Å². The van der Waals surface area contributed by atoms with Gasteiger partial charge in [0.1, 0.15) is 0 Å². The van der Waals surface area contributed by atoms with Crippen LogP contribution in [-0.4, -0.2) is 11.1 Å². The third-order valence-corrected chi connectivity index (χ3v) is 6.64. The molecule has 0 radical (unpaired) electrons. The van der Waals surface area contributed by atoms with Crippen LogP contribution in [0.4, 0.5) is 13.2 Å². The number of halogens is 3. The Hall–Kier alpha value is -3.86. The standard InChI is InChI=1S/C30H23F3O2/c31-30(32,33)23-15-12-21(13-16-23)26-18-27-24-6-2-1-5-20(24)14-17-25(27)29(26)22-10-8-19(9-11-22)4-3-7-28(34)35/h1-2,5-6,8-18,29H,3-4,7H2,(H,34,35). The fourth-order valence-corrected chi connectivity index (χ4v) is 4.91. The number of benzene rings is 4. The van der Waals surface area contributed by atoms with Gasteiger partial charge in [0, 0.05) is 12.3 Å². The molecule has 0 spiro atoms. The van der Waals surface area contributed by atoms with Crippen molar-refractivity contribution in [2.45, 2.75) is 31.4 Å². The molecule has 0 aliphatic heterocycles. The molecule has 0 heterocycles. The van der Waals surface area contributed by atoms with Gasteiger partial charge in [0.15, 0.2) is 0 Å². The van der Waals surface area contributed by atoms with Gasteiger partial charge in [-0.25, -0.2) is 0 Å². The summed E-state index contributed by atoms with van der Waals surface area (Å²) in [6, 6.07) is 25.8. The minimum Gasteiger partial charge on any atom is -0.481 e. The second-order valence-corrected chi connectivity index (χ2v) is 8.89. The van der Waals surface area contributed by atoms with Gasteiger partial charge in [-0.05, 0) is 75.2 Å².